The molecule has 3 aromatic carbocycles. The molecular weight excluding hydrogens is 564 g/mol. The fraction of sp³-hybridized carbons (Fsp3) is 0.459. The van der Waals surface area contributed by atoms with Gasteiger partial charge in [-0.2, -0.15) is 5.10 Å². The van der Waals surface area contributed by atoms with E-state index in [-0.39, 0.29) is 29.3 Å². The van der Waals surface area contributed by atoms with Crippen LogP contribution >= 0.6 is 0 Å². The summed E-state index contributed by atoms with van der Waals surface area (Å²) in [6, 6.07) is 19.5. The van der Waals surface area contributed by atoms with Gasteiger partial charge in [-0.15, -0.1) is 0 Å². The molecule has 6 rings (SSSR count). The predicted molar refractivity (Wildman–Crippen MR) is 180 cm³/mol. The van der Waals surface area contributed by atoms with Gasteiger partial charge in [0, 0.05) is 23.2 Å². The molecule has 8 heteroatoms. The van der Waals surface area contributed by atoms with E-state index in [2.05, 4.69) is 26.0 Å². The average molecular weight is 611 g/mol. The van der Waals surface area contributed by atoms with Gasteiger partial charge in [0.25, 0.3) is 0 Å². The fourth-order valence-corrected chi connectivity index (χ4v) is 7.66. The zero-order valence-corrected chi connectivity index (χ0v) is 27.2. The van der Waals surface area contributed by atoms with Crippen LogP contribution in [-0.4, -0.2) is 44.1 Å². The number of anilines is 3. The first-order chi connectivity index (χ1) is 21.7. The van der Waals surface area contributed by atoms with Crippen molar-refractivity contribution in [2.24, 2.45) is 16.4 Å². The summed E-state index contributed by atoms with van der Waals surface area (Å²) in [5, 5.41) is 7.22. The molecule has 2 atom stereocenters. The molecule has 2 fully saturated rings. The Hall–Kier alpha value is -4.20. The van der Waals surface area contributed by atoms with Gasteiger partial charge >= 0.3 is 6.03 Å². The number of carbonyl (C=O) groups excluding carboxylic acids is 1. The molecule has 2 unspecified atom stereocenters. The lowest BCUT2D eigenvalue weighted by Crippen LogP contribution is -2.47. The minimum absolute atomic E-state index is 0.00589. The molecule has 0 radical (unpaired) electrons. The van der Waals surface area contributed by atoms with Crippen LogP contribution in [0.15, 0.2) is 65.8 Å². The van der Waals surface area contributed by atoms with Crippen molar-refractivity contribution in [2.45, 2.75) is 77.2 Å². The molecule has 2 amide bonds. The van der Waals surface area contributed by atoms with E-state index in [4.69, 9.17) is 25.0 Å². The van der Waals surface area contributed by atoms with Crippen LogP contribution in [0.4, 0.5) is 21.9 Å². The number of ether oxygens (including phenoxy) is 3. The van der Waals surface area contributed by atoms with Crippen LogP contribution in [0.5, 0.6) is 17.2 Å². The molecule has 0 aromatic heterocycles. The smallest absolute Gasteiger partial charge is 0.349 e. The summed E-state index contributed by atoms with van der Waals surface area (Å²) in [4.78, 5) is 16.8. The number of amides is 2. The Morgan fingerprint density at radius 3 is 2.13 bits per heavy atom. The van der Waals surface area contributed by atoms with Crippen LogP contribution in [0.1, 0.15) is 82.3 Å². The van der Waals surface area contributed by atoms with Crippen LogP contribution in [0, 0.1) is 11.3 Å². The first kappa shape index (κ1) is 30.8. The molecule has 1 aliphatic heterocycles. The number of urea groups is 1. The standard InChI is InChI=1S/C37H46N4O4/c1-37(2)22-26(24-11-17-30(43-3)18-12-24)19-29(23-37)41-36(42)40(28-15-13-27(38)14-16-28)32-21-34(45-5)33(44-4)20-31(32)35(39-41)25-9-7-6-8-10-25/h11-18,20-21,25-26,29H,6-10,19,22-23,38H2,1-5H3. The number of benzene rings is 3. The van der Waals surface area contributed by atoms with Crippen molar-refractivity contribution in [3.63, 3.8) is 0 Å². The lowest BCUT2D eigenvalue weighted by atomic mass is 9.68. The first-order valence-electron chi connectivity index (χ1n) is 16.2. The van der Waals surface area contributed by atoms with Crippen LogP contribution in [0.25, 0.3) is 0 Å². The van der Waals surface area contributed by atoms with E-state index in [9.17, 15) is 0 Å². The molecule has 3 aromatic rings. The summed E-state index contributed by atoms with van der Waals surface area (Å²) in [6.45, 7) is 4.62. The number of hydrazone groups is 1. The monoisotopic (exact) mass is 610 g/mol. The topological polar surface area (TPSA) is 89.6 Å². The van der Waals surface area contributed by atoms with Crippen molar-refractivity contribution >= 4 is 28.8 Å². The van der Waals surface area contributed by atoms with Crippen molar-refractivity contribution in [1.82, 2.24) is 5.01 Å². The number of methoxy groups -OCH3 is 3. The van der Waals surface area contributed by atoms with Gasteiger partial charge in [0.2, 0.25) is 0 Å². The molecule has 2 saturated carbocycles. The average Bonchev–Trinajstić information content (AvgIpc) is 3.17. The Bertz CT molecular complexity index is 1540. The van der Waals surface area contributed by atoms with Gasteiger partial charge in [-0.1, -0.05) is 45.2 Å². The summed E-state index contributed by atoms with van der Waals surface area (Å²) in [6.07, 6.45) is 8.32. The number of rotatable bonds is 7. The SMILES string of the molecule is COc1ccc(C2CC(N3N=C(C4CCCCC4)c4cc(OC)c(OC)cc4N(c4ccc(N)cc4)C3=O)CC(C)(C)C2)cc1. The largest absolute Gasteiger partial charge is 0.497 e. The van der Waals surface area contributed by atoms with Crippen LogP contribution in [0.3, 0.4) is 0 Å². The normalized spacial score (nSPS) is 21.9. The molecule has 45 heavy (non-hydrogen) atoms. The molecule has 8 nitrogen and oxygen atoms in total. The Morgan fingerprint density at radius 2 is 1.49 bits per heavy atom. The maximum atomic E-state index is 15.0. The molecule has 238 valence electrons. The van der Waals surface area contributed by atoms with E-state index in [1.165, 1.54) is 12.0 Å². The second kappa shape index (κ2) is 12.7. The molecular formula is C37H46N4O4. The quantitative estimate of drug-likeness (QED) is 0.271. The predicted octanol–water partition coefficient (Wildman–Crippen LogP) is 8.52. The second-order valence-electron chi connectivity index (χ2n) is 13.5. The molecule has 1 heterocycles. The van der Waals surface area contributed by atoms with Crippen molar-refractivity contribution in [2.75, 3.05) is 32.0 Å². The number of nitrogens with zero attached hydrogens (tertiary/aromatic N) is 3. The Labute approximate surface area is 267 Å². The van der Waals surface area contributed by atoms with Gasteiger partial charge in [-0.25, -0.2) is 9.80 Å². The number of nitrogens with two attached hydrogens (primary N) is 1. The molecule has 3 aliphatic rings. The van der Waals surface area contributed by atoms with Gasteiger partial charge in [-0.05, 0) is 91.5 Å². The summed E-state index contributed by atoms with van der Waals surface area (Å²) in [5.41, 5.74) is 11.4. The Balaban J connectivity index is 1.51. The van der Waals surface area contributed by atoms with E-state index in [0.29, 0.717) is 17.2 Å². The third-order valence-electron chi connectivity index (χ3n) is 9.84. The number of carbonyl (C=O) groups is 1. The Kier molecular flexibility index (Phi) is 8.67. The third-order valence-corrected chi connectivity index (χ3v) is 9.84. The highest BCUT2D eigenvalue weighted by molar-refractivity contribution is 6.14. The molecule has 2 N–H and O–H groups in total. The molecule has 0 spiro atoms. The van der Waals surface area contributed by atoms with E-state index >= 15 is 4.79 Å². The third kappa shape index (κ3) is 6.20. The van der Waals surface area contributed by atoms with Crippen molar-refractivity contribution in [3.05, 3.63) is 71.8 Å². The van der Waals surface area contributed by atoms with Crippen LogP contribution < -0.4 is 24.8 Å². The minimum Gasteiger partial charge on any atom is -0.497 e. The van der Waals surface area contributed by atoms with E-state index < -0.39 is 0 Å². The highest BCUT2D eigenvalue weighted by Gasteiger charge is 2.43. The summed E-state index contributed by atoms with van der Waals surface area (Å²) >= 11 is 0. The zero-order valence-electron chi connectivity index (χ0n) is 27.2. The van der Waals surface area contributed by atoms with Gasteiger partial charge in [0.15, 0.2) is 11.5 Å². The number of hydrogen-bond acceptors (Lipinski definition) is 6. The Morgan fingerprint density at radius 1 is 0.822 bits per heavy atom. The number of nitrogen functional groups attached to an aromatic ring is 1. The van der Waals surface area contributed by atoms with E-state index in [1.807, 2.05) is 53.5 Å². The van der Waals surface area contributed by atoms with Crippen LogP contribution in [-0.2, 0) is 0 Å². The summed E-state index contributed by atoms with van der Waals surface area (Å²) in [5.74, 6) is 2.56. The van der Waals surface area contributed by atoms with Crippen LogP contribution in [0.2, 0.25) is 0 Å². The zero-order chi connectivity index (χ0) is 31.7. The van der Waals surface area contributed by atoms with Gasteiger partial charge in [-0.3, -0.25) is 4.90 Å². The van der Waals surface area contributed by atoms with Crippen molar-refractivity contribution in [1.29, 1.82) is 0 Å². The summed E-state index contributed by atoms with van der Waals surface area (Å²) < 4.78 is 17.0. The van der Waals surface area contributed by atoms with E-state index in [0.717, 1.165) is 73.3 Å². The maximum Gasteiger partial charge on any atom is 0.349 e. The lowest BCUT2D eigenvalue weighted by Gasteiger charge is -2.44. The lowest BCUT2D eigenvalue weighted by molar-refractivity contribution is 0.104. The highest BCUT2D eigenvalue weighted by Crippen LogP contribution is 2.48. The fourth-order valence-electron chi connectivity index (χ4n) is 7.66. The minimum atomic E-state index is -0.171. The number of hydrogen-bond donors (Lipinski definition) is 1. The highest BCUT2D eigenvalue weighted by atomic mass is 16.5. The van der Waals surface area contributed by atoms with Crippen molar-refractivity contribution < 1.29 is 19.0 Å². The second-order valence-corrected chi connectivity index (χ2v) is 13.5. The summed E-state index contributed by atoms with van der Waals surface area (Å²) in [7, 11) is 4.97. The van der Waals surface area contributed by atoms with E-state index in [1.54, 1.807) is 26.2 Å². The first-order valence-corrected chi connectivity index (χ1v) is 16.2. The van der Waals surface area contributed by atoms with Gasteiger partial charge < -0.3 is 19.9 Å². The molecule has 0 bridgehead atoms. The molecule has 0 saturated heterocycles. The maximum absolute atomic E-state index is 15.0. The number of fused-ring (bicyclic) bond motifs is 1. The van der Waals surface area contributed by atoms with Gasteiger partial charge in [0.05, 0.1) is 44.5 Å². The van der Waals surface area contributed by atoms with Crippen molar-refractivity contribution in [3.8, 4) is 17.2 Å². The molecule has 2 aliphatic carbocycles. The van der Waals surface area contributed by atoms with Gasteiger partial charge in [0.1, 0.15) is 5.75 Å².